The lowest BCUT2D eigenvalue weighted by Gasteiger charge is -2.43. The number of methoxy groups -OCH3 is 1. The van der Waals surface area contributed by atoms with E-state index in [9.17, 15) is 9.59 Å². The first-order valence-electron chi connectivity index (χ1n) is 10.0. The van der Waals surface area contributed by atoms with Crippen molar-refractivity contribution in [2.24, 2.45) is 5.41 Å². The van der Waals surface area contributed by atoms with Gasteiger partial charge in [-0.2, -0.15) is 0 Å². The van der Waals surface area contributed by atoms with E-state index in [1.54, 1.807) is 6.20 Å². The average Bonchev–Trinajstić information content (AvgIpc) is 2.96. The number of carbonyl (C=O) groups excluding carboxylic acids is 2. The Morgan fingerprint density at radius 2 is 2.00 bits per heavy atom. The lowest BCUT2D eigenvalue weighted by molar-refractivity contribution is 0.0433. The van der Waals surface area contributed by atoms with Crippen LogP contribution in [0.1, 0.15) is 51.0 Å². The molecule has 1 aromatic rings. The van der Waals surface area contributed by atoms with Crippen LogP contribution in [0.4, 0.5) is 10.6 Å². The highest BCUT2D eigenvalue weighted by Gasteiger charge is 2.50. The van der Waals surface area contributed by atoms with Gasteiger partial charge < -0.3 is 24.4 Å². The van der Waals surface area contributed by atoms with Crippen LogP contribution < -0.4 is 10.2 Å². The number of ether oxygens (including phenoxy) is 3. The van der Waals surface area contributed by atoms with E-state index in [4.69, 9.17) is 14.2 Å². The fourth-order valence-corrected chi connectivity index (χ4v) is 4.51. The zero-order valence-corrected chi connectivity index (χ0v) is 20.2. The van der Waals surface area contributed by atoms with Gasteiger partial charge in [0, 0.05) is 18.5 Å². The summed E-state index contributed by atoms with van der Waals surface area (Å²) in [5.74, 6) is 0.0272. The van der Waals surface area contributed by atoms with E-state index in [1.165, 1.54) is 7.11 Å². The predicted octanol–water partition coefficient (Wildman–Crippen LogP) is 2.77. The van der Waals surface area contributed by atoms with Crippen molar-refractivity contribution in [1.82, 2.24) is 15.3 Å². The minimum Gasteiger partial charge on any atom is -0.464 e. The highest BCUT2D eigenvalue weighted by molar-refractivity contribution is 14.1. The van der Waals surface area contributed by atoms with Crippen molar-refractivity contribution in [1.29, 1.82) is 0 Å². The number of nitrogens with one attached hydrogen (secondary N) is 1. The van der Waals surface area contributed by atoms with Crippen molar-refractivity contribution in [2.45, 2.75) is 58.3 Å². The first-order chi connectivity index (χ1) is 14.0. The van der Waals surface area contributed by atoms with Gasteiger partial charge in [0.05, 0.1) is 32.1 Å². The normalized spacial score (nSPS) is 23.3. The molecule has 2 fully saturated rings. The molecule has 0 saturated carbocycles. The van der Waals surface area contributed by atoms with Crippen molar-refractivity contribution < 1.29 is 23.8 Å². The standard InChI is InChI=1S/C20H29IN4O5/c1-12-15(24-18(27)30-19(2,3)4)20(11-29-12)6-8-25(9-7-20)16-14(17(26)28-5)23-13(21)10-22-16/h10,12,15H,6-9,11H2,1-5H3,(H,24,27)/t12-,15+/m0/s1. The third-order valence-electron chi connectivity index (χ3n) is 5.60. The predicted molar refractivity (Wildman–Crippen MR) is 119 cm³/mol. The summed E-state index contributed by atoms with van der Waals surface area (Å²) in [5.41, 5.74) is -0.522. The summed E-state index contributed by atoms with van der Waals surface area (Å²) in [4.78, 5) is 35.4. The SMILES string of the molecule is COC(=O)c1nc(I)cnc1N1CCC2(CC1)CO[C@@H](C)[C@H]2NC(=O)OC(C)(C)C. The fraction of sp³-hybridized carbons (Fsp3) is 0.700. The molecule has 10 heteroatoms. The molecule has 30 heavy (non-hydrogen) atoms. The second-order valence-electron chi connectivity index (χ2n) is 8.85. The lowest BCUT2D eigenvalue weighted by atomic mass is 9.73. The largest absolute Gasteiger partial charge is 0.464 e. The lowest BCUT2D eigenvalue weighted by Crippen LogP contribution is -2.55. The zero-order valence-electron chi connectivity index (χ0n) is 18.0. The summed E-state index contributed by atoms with van der Waals surface area (Å²) < 4.78 is 16.9. The van der Waals surface area contributed by atoms with E-state index in [0.29, 0.717) is 29.2 Å². The quantitative estimate of drug-likeness (QED) is 0.469. The summed E-state index contributed by atoms with van der Waals surface area (Å²) in [7, 11) is 1.34. The van der Waals surface area contributed by atoms with Gasteiger partial charge >= 0.3 is 12.1 Å². The molecule has 2 atom stereocenters. The number of hydrogen-bond donors (Lipinski definition) is 1. The molecule has 0 bridgehead atoms. The van der Waals surface area contributed by atoms with Gasteiger partial charge in [0.15, 0.2) is 11.5 Å². The van der Waals surface area contributed by atoms with Crippen LogP contribution in [-0.4, -0.2) is 66.6 Å². The van der Waals surface area contributed by atoms with Gasteiger partial charge in [0.1, 0.15) is 9.30 Å². The maximum absolute atomic E-state index is 12.4. The number of piperidine rings is 1. The summed E-state index contributed by atoms with van der Waals surface area (Å²) in [6.45, 7) is 9.42. The smallest absolute Gasteiger partial charge is 0.407 e. The number of rotatable bonds is 3. The van der Waals surface area contributed by atoms with Gasteiger partial charge in [0.25, 0.3) is 0 Å². The van der Waals surface area contributed by atoms with E-state index < -0.39 is 17.7 Å². The molecule has 3 rings (SSSR count). The first-order valence-corrected chi connectivity index (χ1v) is 11.1. The second kappa shape index (κ2) is 8.81. The highest BCUT2D eigenvalue weighted by atomic mass is 127. The number of anilines is 1. The molecule has 1 N–H and O–H groups in total. The molecular formula is C20H29IN4O5. The Labute approximate surface area is 190 Å². The number of esters is 1. The fourth-order valence-electron chi connectivity index (χ4n) is 4.13. The second-order valence-corrected chi connectivity index (χ2v) is 9.95. The molecule has 9 nitrogen and oxygen atoms in total. The van der Waals surface area contributed by atoms with Gasteiger partial charge in [-0.3, -0.25) is 0 Å². The summed E-state index contributed by atoms with van der Waals surface area (Å²) in [5, 5.41) is 3.04. The Balaban J connectivity index is 1.73. The van der Waals surface area contributed by atoms with Gasteiger partial charge in [-0.05, 0) is 63.1 Å². The Kier molecular flexibility index (Phi) is 6.75. The number of aromatic nitrogens is 2. The Bertz CT molecular complexity index is 805. The van der Waals surface area contributed by atoms with E-state index in [-0.39, 0.29) is 23.3 Å². The molecule has 0 aromatic carbocycles. The van der Waals surface area contributed by atoms with E-state index >= 15 is 0 Å². The molecule has 2 aliphatic rings. The van der Waals surface area contributed by atoms with Gasteiger partial charge in [-0.25, -0.2) is 19.6 Å². The van der Waals surface area contributed by atoms with Crippen LogP contribution in [0, 0.1) is 9.12 Å². The molecule has 0 aliphatic carbocycles. The van der Waals surface area contributed by atoms with Crippen molar-refractivity contribution in [3.05, 3.63) is 15.6 Å². The van der Waals surface area contributed by atoms with Crippen LogP contribution in [0.15, 0.2) is 6.20 Å². The molecule has 166 valence electrons. The Morgan fingerprint density at radius 3 is 2.60 bits per heavy atom. The molecule has 2 saturated heterocycles. The molecule has 0 radical (unpaired) electrons. The van der Waals surface area contributed by atoms with Crippen molar-refractivity contribution in [2.75, 3.05) is 31.7 Å². The summed E-state index contributed by atoms with van der Waals surface area (Å²) in [6.07, 6.45) is 2.68. The summed E-state index contributed by atoms with van der Waals surface area (Å²) >= 11 is 2.02. The average molecular weight is 532 g/mol. The van der Waals surface area contributed by atoms with Crippen LogP contribution in [0.5, 0.6) is 0 Å². The van der Waals surface area contributed by atoms with E-state index in [0.717, 1.165) is 12.8 Å². The highest BCUT2D eigenvalue weighted by Crippen LogP contribution is 2.43. The van der Waals surface area contributed by atoms with Crippen LogP contribution in [0.25, 0.3) is 0 Å². The molecule has 1 aromatic heterocycles. The topological polar surface area (TPSA) is 103 Å². The van der Waals surface area contributed by atoms with Crippen LogP contribution >= 0.6 is 22.6 Å². The van der Waals surface area contributed by atoms with Crippen LogP contribution in [0.3, 0.4) is 0 Å². The number of carbonyl (C=O) groups is 2. The number of nitrogens with zero attached hydrogens (tertiary/aromatic N) is 3. The number of alkyl carbamates (subject to hydrolysis) is 1. The van der Waals surface area contributed by atoms with Gasteiger partial charge in [-0.1, -0.05) is 0 Å². The van der Waals surface area contributed by atoms with Crippen LogP contribution in [0.2, 0.25) is 0 Å². The molecule has 3 heterocycles. The molecule has 2 aliphatic heterocycles. The van der Waals surface area contributed by atoms with Crippen molar-refractivity contribution in [3.8, 4) is 0 Å². The third kappa shape index (κ3) is 4.96. The molecule has 1 spiro atoms. The number of hydrogen-bond acceptors (Lipinski definition) is 8. The van der Waals surface area contributed by atoms with E-state index in [1.807, 2.05) is 55.2 Å². The minimum absolute atomic E-state index is 0.104. The van der Waals surface area contributed by atoms with Crippen molar-refractivity contribution in [3.63, 3.8) is 0 Å². The van der Waals surface area contributed by atoms with Gasteiger partial charge in [0.2, 0.25) is 0 Å². The monoisotopic (exact) mass is 532 g/mol. The number of amides is 1. The zero-order chi connectivity index (χ0) is 22.1. The Morgan fingerprint density at radius 1 is 1.33 bits per heavy atom. The Hall–Kier alpha value is -1.69. The van der Waals surface area contributed by atoms with E-state index in [2.05, 4.69) is 15.3 Å². The molecule has 1 amide bonds. The van der Waals surface area contributed by atoms with Crippen LogP contribution in [-0.2, 0) is 14.2 Å². The maximum atomic E-state index is 12.4. The van der Waals surface area contributed by atoms with Gasteiger partial charge in [-0.15, -0.1) is 0 Å². The first kappa shape index (κ1) is 23.0. The third-order valence-corrected chi connectivity index (χ3v) is 6.12. The minimum atomic E-state index is -0.558. The number of halogens is 1. The molecular weight excluding hydrogens is 503 g/mol. The molecule has 0 unspecified atom stereocenters. The van der Waals surface area contributed by atoms with Crippen molar-refractivity contribution >= 4 is 40.5 Å². The summed E-state index contributed by atoms with van der Waals surface area (Å²) in [6, 6.07) is -0.141. The maximum Gasteiger partial charge on any atom is 0.407 e.